The van der Waals surface area contributed by atoms with E-state index in [4.69, 9.17) is 34.2 Å². The normalized spacial score (nSPS) is 26.4. The summed E-state index contributed by atoms with van der Waals surface area (Å²) in [5, 5.41) is 78.7. The topological polar surface area (TPSA) is 475 Å². The van der Waals surface area contributed by atoms with Crippen LogP contribution in [0.1, 0.15) is 163 Å². The van der Waals surface area contributed by atoms with Crippen molar-refractivity contribution in [2.45, 2.75) is 189 Å². The number of nitrogens with one attached hydrogen (secondary N) is 5. The molecule has 3 saturated heterocycles. The molecule has 5 aromatic rings. The Morgan fingerprint density at radius 3 is 2.27 bits per heavy atom. The van der Waals surface area contributed by atoms with Crippen molar-refractivity contribution in [1.82, 2.24) is 40.9 Å². The van der Waals surface area contributed by atoms with Gasteiger partial charge in [0.15, 0.2) is 29.5 Å². The molecule has 6 unspecified atom stereocenters. The van der Waals surface area contributed by atoms with E-state index in [1.165, 1.54) is 60.5 Å². The summed E-state index contributed by atoms with van der Waals surface area (Å²) in [5.74, 6) is -9.74. The molecule has 2 aromatic heterocycles. The van der Waals surface area contributed by atoms with Crippen LogP contribution in [0.15, 0.2) is 64.6 Å². The quantitative estimate of drug-likeness (QED) is 0.0151. The number of ketones is 2. The molecule has 32 nitrogen and oxygen atoms in total. The lowest BCUT2D eigenvalue weighted by atomic mass is 9.63. The Kier molecular flexibility index (Phi) is 24.4. The first kappa shape index (κ1) is 75.9. The molecule has 5 heterocycles. The number of carboxylic acids is 2. The fourth-order valence-corrected chi connectivity index (χ4v) is 15.9. The highest BCUT2D eigenvalue weighted by Crippen LogP contribution is 2.55. The number of fused-ring (bicyclic) bond motifs is 4. The Labute approximate surface area is 592 Å². The van der Waals surface area contributed by atoms with E-state index in [0.717, 1.165) is 10.8 Å². The molecule has 10 rings (SSSR count). The highest BCUT2D eigenvalue weighted by Gasteiger charge is 2.53. The van der Waals surface area contributed by atoms with Gasteiger partial charge in [-0.2, -0.15) is 10.1 Å². The van der Waals surface area contributed by atoms with Crippen LogP contribution >= 0.6 is 21.6 Å². The van der Waals surface area contributed by atoms with E-state index >= 15 is 0 Å². The zero-order chi connectivity index (χ0) is 73.6. The molecule has 0 saturated carbocycles. The number of hydrazone groups is 1. The van der Waals surface area contributed by atoms with Crippen LogP contribution < -0.4 is 32.7 Å². The Morgan fingerprint density at radius 1 is 0.863 bits per heavy atom. The number of methoxy groups -OCH3 is 1. The number of carboxylic acid groups (broad SMARTS) is 2. The molecule has 102 heavy (non-hydrogen) atoms. The number of aromatic amines is 1. The largest absolute Gasteiger partial charge is 0.507 e. The monoisotopic (exact) mass is 1450 g/mol. The van der Waals surface area contributed by atoms with Gasteiger partial charge >= 0.3 is 17.9 Å². The summed E-state index contributed by atoms with van der Waals surface area (Å²) in [6, 6.07) is 8.40. The molecule has 2 aliphatic carbocycles. The zero-order valence-corrected chi connectivity index (χ0v) is 58.5. The lowest BCUT2D eigenvalue weighted by Gasteiger charge is -2.48. The number of carbonyl (C=O) groups is 8. The number of anilines is 2. The van der Waals surface area contributed by atoms with Crippen molar-refractivity contribution in [2.24, 2.45) is 5.10 Å². The average Bonchev–Trinajstić information content (AvgIpc) is 0.711. The first-order valence-corrected chi connectivity index (χ1v) is 35.8. The van der Waals surface area contributed by atoms with Crippen molar-refractivity contribution in [1.29, 1.82) is 0 Å². The van der Waals surface area contributed by atoms with Gasteiger partial charge < -0.3 is 85.6 Å². The summed E-state index contributed by atoms with van der Waals surface area (Å²) >= 11 is 0. The molecule has 3 fully saturated rings. The number of carbonyl (C=O) groups excluding carboxylic acids is 6. The number of ether oxygens (including phenoxy) is 6. The fraction of sp³-hybridized carbons (Fsp3) is 0.515. The molecule has 13 N–H and O–H groups in total. The zero-order valence-electron chi connectivity index (χ0n) is 56.9. The number of hydrogen-bond acceptors (Lipinski definition) is 28. The van der Waals surface area contributed by atoms with Gasteiger partial charge in [0.1, 0.15) is 41.7 Å². The fourth-order valence-electron chi connectivity index (χ4n) is 13.7. The number of aromatic hydroxyl groups is 2. The van der Waals surface area contributed by atoms with Crippen molar-refractivity contribution >= 4 is 97.3 Å². The number of nitrogens with two attached hydrogens (primary N) is 1. The number of aliphatic hydroxyl groups excluding tert-OH is 1. The van der Waals surface area contributed by atoms with E-state index in [1.807, 2.05) is 25.9 Å². The van der Waals surface area contributed by atoms with Crippen molar-refractivity contribution in [3.63, 3.8) is 0 Å². The Morgan fingerprint density at radius 2 is 1.59 bits per heavy atom. The van der Waals surface area contributed by atoms with Crippen molar-refractivity contribution < 1.29 is 97.4 Å². The van der Waals surface area contributed by atoms with Crippen molar-refractivity contribution in [3.8, 4) is 11.5 Å². The maximum atomic E-state index is 14.1. The predicted octanol–water partition coefficient (Wildman–Crippen LogP) is 3.74. The lowest BCUT2D eigenvalue weighted by molar-refractivity contribution is -0.311. The van der Waals surface area contributed by atoms with Gasteiger partial charge in [0.2, 0.25) is 23.5 Å². The first-order valence-electron chi connectivity index (χ1n) is 33.3. The minimum absolute atomic E-state index is 0.00569. The number of benzene rings is 3. The maximum absolute atomic E-state index is 14.1. The van der Waals surface area contributed by atoms with Gasteiger partial charge in [0.25, 0.3) is 11.5 Å². The number of rotatable bonds is 27. The maximum Gasteiger partial charge on any atom is 0.327 e. The molecular weight excluding hydrogens is 1370 g/mol. The number of nitrogen functional groups attached to an aromatic ring is 1. The van der Waals surface area contributed by atoms with Gasteiger partial charge in [0, 0.05) is 71.2 Å². The molecule has 15 atom stereocenters. The number of esters is 1. The summed E-state index contributed by atoms with van der Waals surface area (Å²) in [7, 11) is 7.27. The highest BCUT2D eigenvalue weighted by molar-refractivity contribution is 8.76. The van der Waals surface area contributed by atoms with E-state index in [1.54, 1.807) is 32.9 Å². The third-order valence-corrected chi connectivity index (χ3v) is 21.4. The van der Waals surface area contributed by atoms with Gasteiger partial charge in [-0.05, 0) is 121 Å². The number of amides is 3. The Hall–Kier alpha value is -8.71. The van der Waals surface area contributed by atoms with Crippen LogP contribution in [0.25, 0.3) is 11.2 Å². The van der Waals surface area contributed by atoms with Gasteiger partial charge in [0.05, 0.1) is 78.5 Å². The second-order valence-electron chi connectivity index (χ2n) is 26.1. The molecule has 3 aliphatic heterocycles. The number of aliphatic carboxylic acids is 2. The van der Waals surface area contributed by atoms with Crippen LogP contribution in [0, 0.1) is 0 Å². The summed E-state index contributed by atoms with van der Waals surface area (Å²) < 4.78 is 37.4. The second kappa shape index (κ2) is 32.7. The molecule has 0 radical (unpaired) electrons. The minimum atomic E-state index is -1.69. The van der Waals surface area contributed by atoms with Crippen LogP contribution in [-0.2, 0) is 58.9 Å². The number of nitrogens with zero attached hydrogens (tertiary/aromatic N) is 5. The van der Waals surface area contributed by atoms with Gasteiger partial charge in [-0.15, -0.1) is 0 Å². The lowest BCUT2D eigenvalue weighted by Crippen LogP contribution is -2.58. The van der Waals surface area contributed by atoms with Crippen LogP contribution in [0.2, 0.25) is 0 Å². The van der Waals surface area contributed by atoms with Gasteiger partial charge in [-0.3, -0.25) is 38.5 Å². The van der Waals surface area contributed by atoms with Gasteiger partial charge in [-0.25, -0.2) is 25.0 Å². The first-order chi connectivity index (χ1) is 48.6. The molecule has 34 heteroatoms. The third-order valence-electron chi connectivity index (χ3n) is 19.0. The van der Waals surface area contributed by atoms with E-state index in [-0.39, 0.29) is 119 Å². The molecular formula is C68H83N11O21S2. The van der Waals surface area contributed by atoms with Crippen LogP contribution in [-0.4, -0.2) is 220 Å². The molecule has 0 bridgehead atoms. The predicted molar refractivity (Wildman–Crippen MR) is 369 cm³/mol. The Bertz CT molecular complexity index is 4100. The van der Waals surface area contributed by atoms with Crippen molar-refractivity contribution in [3.05, 3.63) is 110 Å². The van der Waals surface area contributed by atoms with E-state index < -0.39 is 156 Å². The van der Waals surface area contributed by atoms with Crippen LogP contribution in [0.4, 0.5) is 11.6 Å². The minimum Gasteiger partial charge on any atom is -0.507 e. The molecule has 0 spiro atoms. The number of phenols is 2. The molecule has 3 amide bonds. The summed E-state index contributed by atoms with van der Waals surface area (Å²) in [6.45, 7) is 7.24. The van der Waals surface area contributed by atoms with Crippen LogP contribution in [0.5, 0.6) is 11.5 Å². The summed E-state index contributed by atoms with van der Waals surface area (Å²) in [6.07, 6.45) is -4.36. The summed E-state index contributed by atoms with van der Waals surface area (Å²) in [4.78, 5) is 134. The number of phenolic OH excluding ortho intramolecular Hbond substituents is 2. The number of aliphatic hydroxyl groups is 2. The van der Waals surface area contributed by atoms with Gasteiger partial charge in [-0.1, -0.05) is 40.6 Å². The number of H-pyrrole nitrogens is 1. The molecule has 3 aromatic carbocycles. The second-order valence-corrected chi connectivity index (χ2v) is 28.7. The van der Waals surface area contributed by atoms with E-state index in [0.29, 0.717) is 36.4 Å². The SMILES string of the molecule is CC[C@@]1(O)C[C@H](C[C@H]2CC(N(C)C)[C@H](O[C@H]3CC(O)[C@H](O[C@H]4CC/C(=N/NC(=O)CCSSCC(NC(=O)CC[C@H](NC(=O)c5ccc(NCc6cnc7nc(N)[nH]c(=O)c7n6)cc5)C(=O)O)C(=O)O)C(C)O4)C(C)O3)C(C)O2)c2c(cc3c(c2O)C(=O)c2c(O)cccc2C3=O)[C@H]1C(=O)OC. The average molecular weight is 1450 g/mol. The van der Waals surface area contributed by atoms with E-state index in [9.17, 15) is 73.8 Å². The molecule has 5 aliphatic rings. The van der Waals surface area contributed by atoms with Crippen LogP contribution in [0.3, 0.4) is 0 Å². The Balaban J connectivity index is 0.636. The number of likely N-dealkylation sites (N-methyl/N-ethyl adjacent to an activating group) is 1. The van der Waals surface area contributed by atoms with E-state index in [2.05, 4.69) is 46.4 Å². The number of hydrogen-bond donors (Lipinski definition) is 12. The summed E-state index contributed by atoms with van der Waals surface area (Å²) in [5.41, 5.74) is 7.18. The third kappa shape index (κ3) is 17.2. The highest BCUT2D eigenvalue weighted by atomic mass is 33.1. The smallest absolute Gasteiger partial charge is 0.327 e. The molecule has 548 valence electrons. The standard InChI is InChI=1S/C68H83N11O21S2/c1-8-68(94)26-34(51-39(54(68)66(93)95-7)24-40-53(57(51)85)58(86)52-38(56(40)84)10-9-11-45(52)80)22-37-23-44(79(5)6)59(31(3)96-37)100-50-25-46(81)60(32(4)98-50)99-49-19-17-41(30(2)97-49)77-78-48(83)20-21-101-102-29-43(65(91)92)73-47(82)18-16-42(64(89)90)74-62(87)33-12-14-35(15-13-33)70-27-36-28-71-61-55(72-36)63(88)76-67(69)75-61/h9-15,24,28,30-32,34,37,42-44,46,49-50,54,59-60,70,80-81,85,94H,8,16-23,25-27,29H2,1-7H3,(H,73,82)(H,74,87)(H,78,83)(H,89,90)(H,91,92)(H3,69,71,75,76,88)/b77-41-/t30?,31?,32?,34-,37-,42-,43?,44?,46?,49-,50-,54-,59+,60+,68+/m0/s1. The number of aromatic nitrogens is 4. The van der Waals surface area contributed by atoms with Crippen molar-refractivity contribution in [2.75, 3.05) is 43.8 Å².